The molecule has 6 rings (SSSR count). The molecule has 11 nitrogen and oxygen atoms in total. The second kappa shape index (κ2) is 9.21. The third-order valence-electron chi connectivity index (χ3n) is 7.66. The van der Waals surface area contributed by atoms with Crippen molar-refractivity contribution in [2.24, 2.45) is 0 Å². The molecule has 2 aliphatic carbocycles. The van der Waals surface area contributed by atoms with Crippen molar-refractivity contribution < 1.29 is 14.3 Å². The summed E-state index contributed by atoms with van der Waals surface area (Å²) < 4.78 is 15.1. The highest BCUT2D eigenvalue weighted by atomic mass is 16.5. The maximum atomic E-state index is 13.7. The number of methoxy groups -OCH3 is 1. The van der Waals surface area contributed by atoms with E-state index in [9.17, 15) is 9.59 Å². The van der Waals surface area contributed by atoms with Crippen molar-refractivity contribution in [3.8, 4) is 0 Å². The van der Waals surface area contributed by atoms with Gasteiger partial charge >= 0.3 is 6.03 Å². The Morgan fingerprint density at radius 1 is 1.19 bits per heavy atom. The van der Waals surface area contributed by atoms with Gasteiger partial charge in [0.15, 0.2) is 5.65 Å². The molecule has 36 heavy (non-hydrogen) atoms. The molecule has 0 unspecified atom stereocenters. The normalized spacial score (nSPS) is 25.9. The Hall–Kier alpha value is -3.44. The predicted molar refractivity (Wildman–Crippen MR) is 135 cm³/mol. The van der Waals surface area contributed by atoms with Gasteiger partial charge in [-0.25, -0.2) is 19.3 Å². The minimum absolute atomic E-state index is 0.0519. The molecule has 0 saturated heterocycles. The quantitative estimate of drug-likeness (QED) is 0.508. The topological polar surface area (TPSA) is 124 Å². The lowest BCUT2D eigenvalue weighted by Crippen LogP contribution is -2.52. The lowest BCUT2D eigenvalue weighted by Gasteiger charge is -2.37. The van der Waals surface area contributed by atoms with Crippen LogP contribution in [0.5, 0.6) is 0 Å². The first-order valence-corrected chi connectivity index (χ1v) is 12.6. The van der Waals surface area contributed by atoms with Gasteiger partial charge in [-0.1, -0.05) is 0 Å². The molecule has 3 aromatic heterocycles. The summed E-state index contributed by atoms with van der Waals surface area (Å²) in [5, 5.41) is 9.41. The van der Waals surface area contributed by atoms with E-state index < -0.39 is 0 Å². The standard InChI is InChI=1S/C25H31N7O4/c1-26-18-10-21-28-19-8-14(11-31(24(19)33)15-4-3-5-16(9-15)35-2)12-36-20-7-6-17(20)29-25(34)32-13-27-22(18)23(32)30-21/h8,10-11,13,15-17,20H,3-7,9,12H2,1-2H3,(H,29,34)(H2,26,28,30)/t15-,16+,17-,20-/m1/s1. The molecule has 3 aliphatic rings. The number of nitrogens with zero attached hydrogens (tertiary/aromatic N) is 4. The Labute approximate surface area is 208 Å². The number of nitrogens with one attached hydrogen (secondary N) is 3. The lowest BCUT2D eigenvalue weighted by atomic mass is 9.89. The number of fused-ring (bicyclic) bond motifs is 4. The summed E-state index contributed by atoms with van der Waals surface area (Å²) >= 11 is 0. The molecule has 4 bridgehead atoms. The Bertz CT molecular complexity index is 1370. The zero-order valence-electron chi connectivity index (χ0n) is 20.5. The van der Waals surface area contributed by atoms with Gasteiger partial charge in [0.25, 0.3) is 5.56 Å². The van der Waals surface area contributed by atoms with E-state index in [1.54, 1.807) is 20.2 Å². The van der Waals surface area contributed by atoms with Gasteiger partial charge in [0.2, 0.25) is 0 Å². The highest BCUT2D eigenvalue weighted by molar-refractivity contribution is 5.94. The van der Waals surface area contributed by atoms with Crippen molar-refractivity contribution in [2.75, 3.05) is 24.8 Å². The lowest BCUT2D eigenvalue weighted by molar-refractivity contribution is -0.0325. The number of carbonyl (C=O) groups is 1. The van der Waals surface area contributed by atoms with Crippen LogP contribution in [0.4, 0.5) is 22.0 Å². The van der Waals surface area contributed by atoms with E-state index in [0.717, 1.165) is 44.1 Å². The average Bonchev–Trinajstić information content (AvgIpc) is 3.31. The van der Waals surface area contributed by atoms with Crippen molar-refractivity contribution in [2.45, 2.75) is 69.4 Å². The first kappa shape index (κ1) is 23.0. The zero-order chi connectivity index (χ0) is 24.8. The summed E-state index contributed by atoms with van der Waals surface area (Å²) in [5.41, 5.74) is 2.88. The van der Waals surface area contributed by atoms with Crippen molar-refractivity contribution in [1.82, 2.24) is 24.4 Å². The van der Waals surface area contributed by atoms with Crippen LogP contribution in [0, 0.1) is 0 Å². The Balaban J connectivity index is 1.47. The first-order chi connectivity index (χ1) is 17.5. The van der Waals surface area contributed by atoms with Gasteiger partial charge in [-0.15, -0.1) is 0 Å². The predicted octanol–water partition coefficient (Wildman–Crippen LogP) is 3.13. The number of ether oxygens (including phenoxy) is 2. The third-order valence-corrected chi connectivity index (χ3v) is 7.66. The van der Waals surface area contributed by atoms with Crippen LogP contribution in [0.2, 0.25) is 0 Å². The molecule has 11 heteroatoms. The minimum Gasteiger partial charge on any atom is -0.386 e. The molecule has 2 fully saturated rings. The van der Waals surface area contributed by atoms with Crippen LogP contribution in [0.15, 0.2) is 29.5 Å². The van der Waals surface area contributed by atoms with Gasteiger partial charge in [-0.3, -0.25) is 4.79 Å². The van der Waals surface area contributed by atoms with Gasteiger partial charge in [-0.2, -0.15) is 0 Å². The average molecular weight is 494 g/mol. The van der Waals surface area contributed by atoms with Gasteiger partial charge in [0, 0.05) is 32.5 Å². The Morgan fingerprint density at radius 3 is 2.86 bits per heavy atom. The van der Waals surface area contributed by atoms with Gasteiger partial charge in [-0.05, 0) is 50.2 Å². The smallest absolute Gasteiger partial charge is 0.328 e. The molecule has 1 amide bonds. The van der Waals surface area contributed by atoms with E-state index >= 15 is 0 Å². The highest BCUT2D eigenvalue weighted by Crippen LogP contribution is 2.32. The summed E-state index contributed by atoms with van der Waals surface area (Å²) in [5.74, 6) is 0.445. The van der Waals surface area contributed by atoms with Crippen LogP contribution in [0.1, 0.15) is 50.1 Å². The number of amides is 1. The fourth-order valence-corrected chi connectivity index (χ4v) is 5.48. The van der Waals surface area contributed by atoms with Gasteiger partial charge in [0.05, 0.1) is 30.5 Å². The van der Waals surface area contributed by atoms with Crippen LogP contribution < -0.4 is 21.5 Å². The van der Waals surface area contributed by atoms with E-state index in [1.165, 1.54) is 10.9 Å². The number of aromatic nitrogens is 4. The molecule has 4 atom stereocenters. The van der Waals surface area contributed by atoms with Crippen molar-refractivity contribution in [1.29, 1.82) is 0 Å². The fraction of sp³-hybridized carbons (Fsp3) is 0.520. The summed E-state index contributed by atoms with van der Waals surface area (Å²) in [6.07, 6.45) is 8.89. The van der Waals surface area contributed by atoms with Crippen molar-refractivity contribution in [3.05, 3.63) is 40.6 Å². The monoisotopic (exact) mass is 493 g/mol. The molecule has 0 spiro atoms. The van der Waals surface area contributed by atoms with Crippen LogP contribution >= 0.6 is 0 Å². The summed E-state index contributed by atoms with van der Waals surface area (Å²) in [4.78, 5) is 35.8. The van der Waals surface area contributed by atoms with Crippen LogP contribution in [0.25, 0.3) is 11.2 Å². The maximum Gasteiger partial charge on any atom is 0.328 e. The van der Waals surface area contributed by atoms with Crippen LogP contribution in [-0.4, -0.2) is 57.5 Å². The Kier molecular flexibility index (Phi) is 5.88. The molecule has 3 aromatic rings. The zero-order valence-corrected chi connectivity index (χ0v) is 20.5. The number of pyridine rings is 2. The molecule has 3 N–H and O–H groups in total. The molecule has 0 aromatic carbocycles. The second-order valence-corrected chi connectivity index (χ2v) is 9.85. The largest absolute Gasteiger partial charge is 0.386 e. The maximum absolute atomic E-state index is 13.7. The molecule has 2 saturated carbocycles. The third kappa shape index (κ3) is 4.01. The van der Waals surface area contributed by atoms with Crippen molar-refractivity contribution >= 4 is 34.4 Å². The Morgan fingerprint density at radius 2 is 2.08 bits per heavy atom. The van der Waals surface area contributed by atoms with Gasteiger partial charge in [0.1, 0.15) is 23.3 Å². The van der Waals surface area contributed by atoms with Gasteiger partial charge < -0.3 is 30.0 Å². The molecule has 190 valence electrons. The highest BCUT2D eigenvalue weighted by Gasteiger charge is 2.34. The summed E-state index contributed by atoms with van der Waals surface area (Å²) in [6.45, 7) is 0.344. The van der Waals surface area contributed by atoms with Crippen molar-refractivity contribution in [3.63, 3.8) is 0 Å². The number of rotatable bonds is 3. The summed E-state index contributed by atoms with van der Waals surface area (Å²) in [6, 6.07) is 3.30. The van der Waals surface area contributed by atoms with E-state index in [2.05, 4.69) is 25.9 Å². The van der Waals surface area contributed by atoms with E-state index in [4.69, 9.17) is 9.47 Å². The molecular formula is C25H31N7O4. The van der Waals surface area contributed by atoms with Crippen LogP contribution in [-0.2, 0) is 16.1 Å². The van der Waals surface area contributed by atoms with E-state index in [1.807, 2.05) is 16.8 Å². The number of hydrogen-bond donors (Lipinski definition) is 3. The second-order valence-electron chi connectivity index (χ2n) is 9.85. The molecule has 0 radical (unpaired) electrons. The minimum atomic E-state index is -0.301. The number of anilines is 3. The van der Waals surface area contributed by atoms with E-state index in [-0.39, 0.29) is 35.9 Å². The SMILES string of the molecule is CNc1cc2nc3c1ncn3C(=O)N[C@@H]1CC[C@H]1OCc1cc(c(=O)n([C@@H]3CCC[C@H](OC)C3)c1)N2. The first-order valence-electron chi connectivity index (χ1n) is 12.6. The number of hydrogen-bond acceptors (Lipinski definition) is 8. The fourth-order valence-electron chi connectivity index (χ4n) is 5.48. The molecular weight excluding hydrogens is 462 g/mol. The molecule has 4 heterocycles. The number of carbonyl (C=O) groups excluding carboxylic acids is 1. The summed E-state index contributed by atoms with van der Waals surface area (Å²) in [7, 11) is 3.52. The van der Waals surface area contributed by atoms with Crippen LogP contribution in [0.3, 0.4) is 0 Å². The number of imidazole rings is 1. The van der Waals surface area contributed by atoms with E-state index in [0.29, 0.717) is 35.0 Å². The molecule has 1 aliphatic heterocycles.